The Balaban J connectivity index is 2.69. The van der Waals surface area contributed by atoms with Gasteiger partial charge in [-0.3, -0.25) is 19.8 Å². The van der Waals surface area contributed by atoms with Crippen molar-refractivity contribution < 1.29 is 14.4 Å². The van der Waals surface area contributed by atoms with Gasteiger partial charge in [0.1, 0.15) is 0 Å². The van der Waals surface area contributed by atoms with Gasteiger partial charge in [-0.25, -0.2) is 4.79 Å². The second-order valence-corrected chi connectivity index (χ2v) is 7.89. The molecule has 0 fully saturated rings. The first-order chi connectivity index (χ1) is 12.4. The number of nitrogens with zero attached hydrogens (tertiary/aromatic N) is 1. The molecule has 0 saturated heterocycles. The molecule has 0 aliphatic heterocycles. The van der Waals surface area contributed by atoms with Gasteiger partial charge in [0.25, 0.3) is 0 Å². The van der Waals surface area contributed by atoms with Gasteiger partial charge in [0.05, 0.1) is 28.3 Å². The summed E-state index contributed by atoms with van der Waals surface area (Å²) in [5, 5.41) is 8.24. The number of carbonyl (C=O) groups is 3. The summed E-state index contributed by atoms with van der Waals surface area (Å²) >= 11 is 12.1. The molecular formula is C18H26Cl2N4O3. The zero-order chi connectivity index (χ0) is 20.8. The number of likely N-dealkylation sites (N-methyl/N-ethyl adjacent to an activating group) is 1. The molecule has 0 aromatic heterocycles. The minimum atomic E-state index is -0.687. The Morgan fingerprint density at radius 2 is 1.70 bits per heavy atom. The van der Waals surface area contributed by atoms with Crippen LogP contribution in [-0.4, -0.2) is 47.4 Å². The van der Waals surface area contributed by atoms with Crippen molar-refractivity contribution in [1.29, 1.82) is 0 Å². The lowest BCUT2D eigenvalue weighted by Gasteiger charge is -2.27. The SMILES string of the molecule is CCN(CC(=O)Nc1c(Cl)cccc1Cl)C(C)C(=O)NC(=O)NC(C)(C)C. The molecule has 0 spiro atoms. The van der Waals surface area contributed by atoms with Gasteiger partial charge in [-0.05, 0) is 46.4 Å². The second-order valence-electron chi connectivity index (χ2n) is 7.08. The average molecular weight is 417 g/mol. The summed E-state index contributed by atoms with van der Waals surface area (Å²) in [4.78, 5) is 38.1. The summed E-state index contributed by atoms with van der Waals surface area (Å²) < 4.78 is 0. The van der Waals surface area contributed by atoms with Crippen LogP contribution in [0.1, 0.15) is 34.6 Å². The maximum Gasteiger partial charge on any atom is 0.321 e. The Morgan fingerprint density at radius 1 is 1.15 bits per heavy atom. The molecule has 0 aliphatic carbocycles. The van der Waals surface area contributed by atoms with Crippen LogP contribution >= 0.6 is 23.2 Å². The number of imide groups is 1. The maximum atomic E-state index is 12.3. The van der Waals surface area contributed by atoms with Crippen molar-refractivity contribution in [2.24, 2.45) is 0 Å². The van der Waals surface area contributed by atoms with Crippen LogP contribution in [0.5, 0.6) is 0 Å². The molecule has 1 aromatic carbocycles. The van der Waals surface area contributed by atoms with Crippen molar-refractivity contribution >= 4 is 46.7 Å². The van der Waals surface area contributed by atoms with Crippen molar-refractivity contribution in [3.63, 3.8) is 0 Å². The number of anilines is 1. The third kappa shape index (κ3) is 7.74. The van der Waals surface area contributed by atoms with Crippen LogP contribution in [0.4, 0.5) is 10.5 Å². The van der Waals surface area contributed by atoms with Crippen LogP contribution in [0, 0.1) is 0 Å². The lowest BCUT2D eigenvalue weighted by atomic mass is 10.1. The lowest BCUT2D eigenvalue weighted by Crippen LogP contribution is -2.54. The second kappa shape index (κ2) is 9.92. The summed E-state index contributed by atoms with van der Waals surface area (Å²) in [7, 11) is 0. The van der Waals surface area contributed by atoms with E-state index >= 15 is 0 Å². The molecule has 0 aliphatic rings. The normalized spacial score (nSPS) is 12.4. The van der Waals surface area contributed by atoms with E-state index in [1.54, 1.807) is 30.0 Å². The number of halogens is 2. The molecular weight excluding hydrogens is 391 g/mol. The van der Waals surface area contributed by atoms with E-state index in [0.29, 0.717) is 22.3 Å². The Morgan fingerprint density at radius 3 is 2.19 bits per heavy atom. The standard InChI is InChI=1S/C18H26Cl2N4O3/c1-6-24(11(2)16(26)22-17(27)23-18(3,4)5)10-14(25)21-15-12(19)8-7-9-13(15)20/h7-9,11H,6,10H2,1-5H3,(H,21,25)(H2,22,23,26,27). The number of benzene rings is 1. The van der Waals surface area contributed by atoms with E-state index in [2.05, 4.69) is 16.0 Å². The fourth-order valence-electron chi connectivity index (χ4n) is 2.26. The fourth-order valence-corrected chi connectivity index (χ4v) is 2.75. The molecule has 0 heterocycles. The molecule has 1 atom stereocenters. The molecule has 0 radical (unpaired) electrons. The first-order valence-corrected chi connectivity index (χ1v) is 9.31. The summed E-state index contributed by atoms with van der Waals surface area (Å²) in [5.74, 6) is -0.868. The highest BCUT2D eigenvalue weighted by molar-refractivity contribution is 6.39. The van der Waals surface area contributed by atoms with Gasteiger partial charge in [-0.1, -0.05) is 36.2 Å². The van der Waals surface area contributed by atoms with Crippen molar-refractivity contribution in [2.75, 3.05) is 18.4 Å². The van der Waals surface area contributed by atoms with E-state index in [0.717, 1.165) is 0 Å². The highest BCUT2D eigenvalue weighted by Crippen LogP contribution is 2.29. The van der Waals surface area contributed by atoms with Gasteiger partial charge in [0, 0.05) is 5.54 Å². The predicted molar refractivity (Wildman–Crippen MR) is 108 cm³/mol. The van der Waals surface area contributed by atoms with Crippen LogP contribution < -0.4 is 16.0 Å². The number of para-hydroxylation sites is 1. The largest absolute Gasteiger partial charge is 0.333 e. The van der Waals surface area contributed by atoms with Crippen LogP contribution in [0.3, 0.4) is 0 Å². The summed E-state index contributed by atoms with van der Waals surface area (Å²) in [6.07, 6.45) is 0. The quantitative estimate of drug-likeness (QED) is 0.663. The molecule has 0 bridgehead atoms. The van der Waals surface area contributed by atoms with Crippen LogP contribution in [0.15, 0.2) is 18.2 Å². The smallest absolute Gasteiger partial charge is 0.321 e. The topological polar surface area (TPSA) is 90.5 Å². The van der Waals surface area contributed by atoms with Crippen molar-refractivity contribution in [1.82, 2.24) is 15.5 Å². The van der Waals surface area contributed by atoms with E-state index in [-0.39, 0.29) is 12.5 Å². The molecule has 3 N–H and O–H groups in total. The summed E-state index contributed by atoms with van der Waals surface area (Å²) in [6, 6.07) is 3.64. The van der Waals surface area contributed by atoms with Crippen LogP contribution in [0.2, 0.25) is 10.0 Å². The Kier molecular flexibility index (Phi) is 8.53. The summed E-state index contributed by atoms with van der Waals surface area (Å²) in [6.45, 7) is 9.23. The predicted octanol–water partition coefficient (Wildman–Crippen LogP) is 3.27. The monoisotopic (exact) mass is 416 g/mol. The van der Waals surface area contributed by atoms with E-state index in [9.17, 15) is 14.4 Å². The Labute approximate surface area is 169 Å². The highest BCUT2D eigenvalue weighted by atomic mass is 35.5. The minimum Gasteiger partial charge on any atom is -0.333 e. The lowest BCUT2D eigenvalue weighted by molar-refractivity contribution is -0.126. The van der Waals surface area contributed by atoms with Crippen LogP contribution in [0.25, 0.3) is 0 Å². The van der Waals surface area contributed by atoms with Gasteiger partial charge in [0.2, 0.25) is 11.8 Å². The minimum absolute atomic E-state index is 0.0620. The molecule has 1 aromatic rings. The maximum absolute atomic E-state index is 12.3. The number of hydrogen-bond acceptors (Lipinski definition) is 4. The van der Waals surface area contributed by atoms with Gasteiger partial charge < -0.3 is 10.6 Å². The van der Waals surface area contributed by atoms with Crippen molar-refractivity contribution in [3.8, 4) is 0 Å². The van der Waals surface area contributed by atoms with Gasteiger partial charge in [-0.15, -0.1) is 0 Å². The van der Waals surface area contributed by atoms with E-state index < -0.39 is 23.5 Å². The number of carbonyl (C=O) groups excluding carboxylic acids is 3. The van der Waals surface area contributed by atoms with Gasteiger partial charge in [0.15, 0.2) is 0 Å². The van der Waals surface area contributed by atoms with Crippen molar-refractivity contribution in [3.05, 3.63) is 28.2 Å². The molecule has 7 nitrogen and oxygen atoms in total. The zero-order valence-electron chi connectivity index (χ0n) is 16.2. The molecule has 27 heavy (non-hydrogen) atoms. The third-order valence-electron chi connectivity index (χ3n) is 3.63. The molecule has 9 heteroatoms. The molecule has 4 amide bonds. The Bertz CT molecular complexity index is 684. The number of nitrogens with one attached hydrogen (secondary N) is 3. The number of amides is 4. The number of urea groups is 1. The average Bonchev–Trinajstić information content (AvgIpc) is 2.53. The molecule has 1 rings (SSSR count). The highest BCUT2D eigenvalue weighted by Gasteiger charge is 2.25. The molecule has 150 valence electrons. The first kappa shape index (κ1) is 23.2. The first-order valence-electron chi connectivity index (χ1n) is 8.55. The molecule has 1 unspecified atom stereocenters. The molecule has 0 saturated carbocycles. The Hall–Kier alpha value is -1.83. The fraction of sp³-hybridized carbons (Fsp3) is 0.500. The zero-order valence-corrected chi connectivity index (χ0v) is 17.7. The van der Waals surface area contributed by atoms with E-state index in [1.807, 2.05) is 27.7 Å². The van der Waals surface area contributed by atoms with E-state index in [4.69, 9.17) is 23.2 Å². The van der Waals surface area contributed by atoms with Gasteiger partial charge in [-0.2, -0.15) is 0 Å². The van der Waals surface area contributed by atoms with Crippen molar-refractivity contribution in [2.45, 2.75) is 46.2 Å². The summed E-state index contributed by atoms with van der Waals surface area (Å²) in [5.41, 5.74) is -0.143. The third-order valence-corrected chi connectivity index (χ3v) is 4.26. The van der Waals surface area contributed by atoms with Gasteiger partial charge >= 0.3 is 6.03 Å². The van der Waals surface area contributed by atoms with Crippen LogP contribution in [-0.2, 0) is 9.59 Å². The number of hydrogen-bond donors (Lipinski definition) is 3. The number of rotatable bonds is 6. The van der Waals surface area contributed by atoms with E-state index in [1.165, 1.54) is 0 Å².